The molecule has 2 atom stereocenters. The molecule has 200 valence electrons. The second-order valence-corrected chi connectivity index (χ2v) is 10.4. The van der Waals surface area contributed by atoms with Gasteiger partial charge in [0.05, 0.1) is 17.2 Å². The number of aryl methyl sites for hydroxylation is 1. The molecule has 7 rings (SSSR count). The van der Waals surface area contributed by atoms with E-state index in [1.54, 1.807) is 58.8 Å². The van der Waals surface area contributed by atoms with E-state index in [9.17, 15) is 4.79 Å². The van der Waals surface area contributed by atoms with Crippen LogP contribution in [0.5, 0.6) is 0 Å². The first-order valence-electron chi connectivity index (χ1n) is 12.5. The van der Waals surface area contributed by atoms with E-state index in [2.05, 4.69) is 30.6 Å². The Balaban J connectivity index is 1.30. The van der Waals surface area contributed by atoms with Crippen LogP contribution in [0, 0.1) is 11.9 Å². The van der Waals surface area contributed by atoms with Crippen LogP contribution in [0.1, 0.15) is 24.5 Å². The molecule has 0 aliphatic carbocycles. The molecule has 6 aromatic rings. The molecule has 0 saturated heterocycles. The standard InChI is InChI=1S/C27H22ClFN10O/c1-13-7-17-8-15(19-11-16(28)4-6-20(19)38-12-31-35-36-38)10-22(40)39(17)24(13)27-32-23(25(29)33-27)14-3-5-18-21(9-14)37(2)34-26(18)30/h3-6,8-13,24H,7H2,1-2H3,(H2,30,34)(H,32,33)/t13-,24-/m0/s1. The number of aromatic amines is 1. The van der Waals surface area contributed by atoms with E-state index >= 15 is 4.39 Å². The van der Waals surface area contributed by atoms with Gasteiger partial charge in [0.1, 0.15) is 17.8 Å². The molecule has 1 aliphatic rings. The van der Waals surface area contributed by atoms with Crippen molar-refractivity contribution in [2.75, 3.05) is 5.73 Å². The average molecular weight is 557 g/mol. The second kappa shape index (κ2) is 8.85. The molecule has 0 unspecified atom stereocenters. The monoisotopic (exact) mass is 556 g/mol. The number of H-pyrrole nitrogens is 1. The number of nitrogens with two attached hydrogens (primary N) is 1. The highest BCUT2D eigenvalue weighted by Gasteiger charge is 2.35. The maximum absolute atomic E-state index is 15.3. The summed E-state index contributed by atoms with van der Waals surface area (Å²) in [4.78, 5) is 21.0. The van der Waals surface area contributed by atoms with Crippen molar-refractivity contribution in [3.8, 4) is 28.1 Å². The lowest BCUT2D eigenvalue weighted by Crippen LogP contribution is -2.26. The third kappa shape index (κ3) is 3.71. The molecule has 0 amide bonds. The summed E-state index contributed by atoms with van der Waals surface area (Å²) in [5.41, 5.74) is 10.2. The van der Waals surface area contributed by atoms with Crippen LogP contribution in [0.2, 0.25) is 5.02 Å². The zero-order valence-corrected chi connectivity index (χ0v) is 22.1. The minimum absolute atomic E-state index is 0.0148. The molecule has 0 saturated carbocycles. The summed E-state index contributed by atoms with van der Waals surface area (Å²) in [6.45, 7) is 2.02. The van der Waals surface area contributed by atoms with Crippen LogP contribution in [0.15, 0.2) is 59.7 Å². The first kappa shape index (κ1) is 24.2. The summed E-state index contributed by atoms with van der Waals surface area (Å²) in [6, 6.07) is 13.7. The van der Waals surface area contributed by atoms with E-state index in [0.29, 0.717) is 45.5 Å². The SMILES string of the molecule is C[C@H]1Cc2cc(-c3cc(Cl)ccc3-n3cnnn3)cc(=O)n2[C@@H]1c1nc(-c2ccc3c(N)nn(C)c3c2)c(F)[nH]1. The van der Waals surface area contributed by atoms with Crippen molar-refractivity contribution in [1.29, 1.82) is 0 Å². The molecule has 2 aromatic carbocycles. The quantitative estimate of drug-likeness (QED) is 0.335. The van der Waals surface area contributed by atoms with Gasteiger partial charge in [0.15, 0.2) is 5.82 Å². The second-order valence-electron chi connectivity index (χ2n) is 10.0. The lowest BCUT2D eigenvalue weighted by Gasteiger charge is -2.17. The number of hydrogen-bond donors (Lipinski definition) is 2. The number of nitrogen functional groups attached to an aromatic ring is 1. The van der Waals surface area contributed by atoms with Crippen molar-refractivity contribution < 1.29 is 4.39 Å². The van der Waals surface area contributed by atoms with Crippen LogP contribution < -0.4 is 11.3 Å². The molecule has 1 aliphatic heterocycles. The summed E-state index contributed by atoms with van der Waals surface area (Å²) in [5, 5.41) is 17.0. The summed E-state index contributed by atoms with van der Waals surface area (Å²) in [7, 11) is 1.78. The summed E-state index contributed by atoms with van der Waals surface area (Å²) in [5.74, 6) is 0.208. The van der Waals surface area contributed by atoms with Gasteiger partial charge < -0.3 is 15.3 Å². The molecule has 13 heteroatoms. The number of nitrogens with one attached hydrogen (secondary N) is 1. The maximum atomic E-state index is 15.3. The lowest BCUT2D eigenvalue weighted by atomic mass is 10.0. The number of imidazole rings is 1. The highest BCUT2D eigenvalue weighted by molar-refractivity contribution is 6.31. The number of anilines is 1. The average Bonchev–Trinajstić information content (AvgIpc) is 3.70. The minimum atomic E-state index is -0.570. The van der Waals surface area contributed by atoms with Crippen molar-refractivity contribution in [3.05, 3.63) is 87.7 Å². The van der Waals surface area contributed by atoms with E-state index < -0.39 is 12.0 Å². The van der Waals surface area contributed by atoms with Crippen molar-refractivity contribution >= 4 is 28.3 Å². The minimum Gasteiger partial charge on any atom is -0.382 e. The van der Waals surface area contributed by atoms with Crippen LogP contribution in [0.4, 0.5) is 10.2 Å². The lowest BCUT2D eigenvalue weighted by molar-refractivity contribution is 0.445. The smallest absolute Gasteiger partial charge is 0.252 e. The molecule has 4 aromatic heterocycles. The van der Waals surface area contributed by atoms with Gasteiger partial charge >= 0.3 is 0 Å². The van der Waals surface area contributed by atoms with Gasteiger partial charge in [-0.3, -0.25) is 9.48 Å². The van der Waals surface area contributed by atoms with Crippen molar-refractivity contribution in [2.24, 2.45) is 13.0 Å². The molecular formula is C27H22ClFN10O. The first-order valence-corrected chi connectivity index (χ1v) is 12.9. The van der Waals surface area contributed by atoms with Gasteiger partial charge in [-0.1, -0.05) is 24.6 Å². The van der Waals surface area contributed by atoms with Crippen LogP contribution >= 0.6 is 11.6 Å². The number of benzene rings is 2. The number of aromatic nitrogens is 9. The Morgan fingerprint density at radius 2 is 1.98 bits per heavy atom. The van der Waals surface area contributed by atoms with E-state index in [1.165, 1.54) is 11.0 Å². The van der Waals surface area contributed by atoms with Gasteiger partial charge in [0.2, 0.25) is 5.95 Å². The summed E-state index contributed by atoms with van der Waals surface area (Å²) >= 11 is 6.32. The van der Waals surface area contributed by atoms with E-state index in [4.69, 9.17) is 17.3 Å². The van der Waals surface area contributed by atoms with Crippen molar-refractivity contribution in [2.45, 2.75) is 19.4 Å². The number of fused-ring (bicyclic) bond motifs is 2. The normalized spacial score (nSPS) is 16.6. The zero-order valence-electron chi connectivity index (χ0n) is 21.4. The molecule has 5 heterocycles. The fourth-order valence-electron chi connectivity index (χ4n) is 5.70. The number of rotatable bonds is 4. The third-order valence-electron chi connectivity index (χ3n) is 7.47. The van der Waals surface area contributed by atoms with Crippen molar-refractivity contribution in [1.82, 2.24) is 44.5 Å². The number of nitrogens with zero attached hydrogens (tertiary/aromatic N) is 8. The van der Waals surface area contributed by atoms with Gasteiger partial charge in [0, 0.05) is 40.3 Å². The first-order chi connectivity index (χ1) is 19.3. The molecule has 0 spiro atoms. The molecule has 40 heavy (non-hydrogen) atoms. The Bertz CT molecular complexity index is 1990. The van der Waals surface area contributed by atoms with Gasteiger partial charge in [-0.05, 0) is 64.7 Å². The van der Waals surface area contributed by atoms with Crippen LogP contribution in [-0.4, -0.2) is 44.5 Å². The molecule has 11 nitrogen and oxygen atoms in total. The van der Waals surface area contributed by atoms with Crippen LogP contribution in [-0.2, 0) is 13.5 Å². The fraction of sp³-hybridized carbons (Fsp3) is 0.185. The largest absolute Gasteiger partial charge is 0.382 e. The summed E-state index contributed by atoms with van der Waals surface area (Å²) < 4.78 is 20.1. The van der Waals surface area contributed by atoms with E-state index in [0.717, 1.165) is 16.6 Å². The summed E-state index contributed by atoms with van der Waals surface area (Å²) in [6.07, 6.45) is 2.08. The Morgan fingerprint density at radius 1 is 1.12 bits per heavy atom. The fourth-order valence-corrected chi connectivity index (χ4v) is 5.87. The number of halogens is 2. The molecule has 0 radical (unpaired) electrons. The van der Waals surface area contributed by atoms with Gasteiger partial charge in [0.25, 0.3) is 5.56 Å². The highest BCUT2D eigenvalue weighted by atomic mass is 35.5. The Labute approximate surface area is 231 Å². The molecule has 0 fully saturated rings. The van der Waals surface area contributed by atoms with E-state index in [1.807, 2.05) is 13.0 Å². The Hall–Kier alpha value is -4.84. The highest BCUT2D eigenvalue weighted by Crippen LogP contribution is 2.38. The maximum Gasteiger partial charge on any atom is 0.252 e. The van der Waals surface area contributed by atoms with Gasteiger partial charge in [-0.25, -0.2) is 4.98 Å². The molecular weight excluding hydrogens is 535 g/mol. The number of tetrazole rings is 1. The molecule has 3 N–H and O–H groups in total. The van der Waals surface area contributed by atoms with E-state index in [-0.39, 0.29) is 17.2 Å². The predicted octanol–water partition coefficient (Wildman–Crippen LogP) is 3.92. The zero-order chi connectivity index (χ0) is 27.7. The topological polar surface area (TPSA) is 138 Å². The van der Waals surface area contributed by atoms with Crippen molar-refractivity contribution in [3.63, 3.8) is 0 Å². The van der Waals surface area contributed by atoms with Crippen LogP contribution in [0.25, 0.3) is 39.0 Å². The van der Waals surface area contributed by atoms with Gasteiger partial charge in [-0.2, -0.15) is 14.2 Å². The predicted molar refractivity (Wildman–Crippen MR) is 148 cm³/mol. The van der Waals surface area contributed by atoms with Crippen LogP contribution in [0.3, 0.4) is 0 Å². The molecule has 0 bridgehead atoms. The number of hydrogen-bond acceptors (Lipinski definition) is 7. The third-order valence-corrected chi connectivity index (χ3v) is 7.71. The number of pyridine rings is 1. The Morgan fingerprint density at radius 3 is 2.77 bits per heavy atom. The van der Waals surface area contributed by atoms with Gasteiger partial charge in [-0.15, -0.1) is 5.10 Å². The Kier molecular flexibility index (Phi) is 5.36.